The number of carbonyl (C=O) groups is 2. The van der Waals surface area contributed by atoms with Crippen molar-refractivity contribution in [1.29, 1.82) is 0 Å². The average Bonchev–Trinajstić information content (AvgIpc) is 2.59. The van der Waals surface area contributed by atoms with E-state index in [-0.39, 0.29) is 5.91 Å². The lowest BCUT2D eigenvalue weighted by Gasteiger charge is -2.42. The van der Waals surface area contributed by atoms with Gasteiger partial charge in [-0.2, -0.15) is 0 Å². The average molecular weight is 325 g/mol. The van der Waals surface area contributed by atoms with Crippen molar-refractivity contribution < 1.29 is 14.3 Å². The van der Waals surface area contributed by atoms with Crippen LogP contribution in [-0.2, 0) is 4.74 Å². The lowest BCUT2D eigenvalue weighted by molar-refractivity contribution is -0.0746. The smallest absolute Gasteiger partial charge is 0.254 e. The number of para-hydroxylation sites is 1. The van der Waals surface area contributed by atoms with Crippen LogP contribution in [0.5, 0.6) is 0 Å². The van der Waals surface area contributed by atoms with Crippen molar-refractivity contribution in [3.63, 3.8) is 0 Å². The van der Waals surface area contributed by atoms with Crippen molar-refractivity contribution in [2.75, 3.05) is 39.4 Å². The third kappa shape index (κ3) is 2.68. The minimum absolute atomic E-state index is 0.0267. The SMILES string of the molecule is O=Cc1cc(C(=O)N2CCN(C3COC3)CC2)c2ccccc2n1. The molecule has 0 unspecified atom stereocenters. The van der Waals surface area contributed by atoms with Gasteiger partial charge in [-0.15, -0.1) is 0 Å². The zero-order valence-corrected chi connectivity index (χ0v) is 13.4. The van der Waals surface area contributed by atoms with Gasteiger partial charge in [0, 0.05) is 31.6 Å². The summed E-state index contributed by atoms with van der Waals surface area (Å²) in [6.07, 6.45) is 0.692. The molecular weight excluding hydrogens is 306 g/mol. The van der Waals surface area contributed by atoms with Gasteiger partial charge in [0.15, 0.2) is 6.29 Å². The molecule has 2 aliphatic rings. The second kappa shape index (κ2) is 6.30. The van der Waals surface area contributed by atoms with E-state index in [1.165, 1.54) is 0 Å². The van der Waals surface area contributed by atoms with E-state index in [2.05, 4.69) is 9.88 Å². The van der Waals surface area contributed by atoms with Crippen molar-refractivity contribution in [3.05, 3.63) is 41.6 Å². The van der Waals surface area contributed by atoms with Crippen LogP contribution in [0, 0.1) is 0 Å². The Morgan fingerprint density at radius 2 is 1.92 bits per heavy atom. The standard InChI is InChI=1S/C18H19N3O3/c22-10-13-9-16(15-3-1-2-4-17(15)19-13)18(23)21-7-5-20(6-8-21)14-11-24-12-14/h1-4,9-10,14H,5-8,11-12H2. The highest BCUT2D eigenvalue weighted by atomic mass is 16.5. The third-order valence-corrected chi connectivity index (χ3v) is 4.83. The molecule has 3 heterocycles. The Balaban J connectivity index is 1.58. The number of hydrogen-bond donors (Lipinski definition) is 0. The minimum Gasteiger partial charge on any atom is -0.378 e. The van der Waals surface area contributed by atoms with Gasteiger partial charge in [0.25, 0.3) is 5.91 Å². The first kappa shape index (κ1) is 15.2. The van der Waals surface area contributed by atoms with E-state index >= 15 is 0 Å². The summed E-state index contributed by atoms with van der Waals surface area (Å²) in [4.78, 5) is 32.7. The van der Waals surface area contributed by atoms with Crippen LogP contribution in [0.15, 0.2) is 30.3 Å². The summed E-state index contributed by atoms with van der Waals surface area (Å²) in [6, 6.07) is 9.56. The molecule has 0 spiro atoms. The van der Waals surface area contributed by atoms with E-state index in [0.29, 0.717) is 42.2 Å². The number of pyridine rings is 1. The largest absolute Gasteiger partial charge is 0.378 e. The first-order valence-electron chi connectivity index (χ1n) is 8.22. The van der Waals surface area contributed by atoms with Crippen LogP contribution < -0.4 is 0 Å². The lowest BCUT2D eigenvalue weighted by atomic mass is 10.1. The first-order valence-corrected chi connectivity index (χ1v) is 8.22. The molecule has 0 atom stereocenters. The van der Waals surface area contributed by atoms with Gasteiger partial charge in [0.2, 0.25) is 0 Å². The lowest BCUT2D eigenvalue weighted by Crippen LogP contribution is -2.57. The number of aromatic nitrogens is 1. The summed E-state index contributed by atoms with van der Waals surface area (Å²) in [6.45, 7) is 4.72. The number of benzene rings is 1. The predicted molar refractivity (Wildman–Crippen MR) is 89.2 cm³/mol. The third-order valence-electron chi connectivity index (χ3n) is 4.83. The van der Waals surface area contributed by atoms with Crippen LogP contribution in [0.1, 0.15) is 20.8 Å². The van der Waals surface area contributed by atoms with Crippen molar-refractivity contribution in [2.24, 2.45) is 0 Å². The number of ether oxygens (including phenoxy) is 1. The van der Waals surface area contributed by atoms with Crippen LogP contribution in [0.2, 0.25) is 0 Å². The topological polar surface area (TPSA) is 62.7 Å². The molecule has 0 radical (unpaired) electrons. The van der Waals surface area contributed by atoms with Crippen LogP contribution >= 0.6 is 0 Å². The maximum absolute atomic E-state index is 13.0. The molecule has 2 fully saturated rings. The van der Waals surface area contributed by atoms with Crippen molar-refractivity contribution in [1.82, 2.24) is 14.8 Å². The maximum Gasteiger partial charge on any atom is 0.254 e. The fraction of sp³-hybridized carbons (Fsp3) is 0.389. The highest BCUT2D eigenvalue weighted by molar-refractivity contribution is 6.07. The van der Waals surface area contributed by atoms with Gasteiger partial charge >= 0.3 is 0 Å². The highest BCUT2D eigenvalue weighted by Gasteiger charge is 2.30. The molecular formula is C18H19N3O3. The van der Waals surface area contributed by atoms with Gasteiger partial charge in [-0.3, -0.25) is 14.5 Å². The summed E-state index contributed by atoms with van der Waals surface area (Å²) in [5.41, 5.74) is 1.53. The summed E-state index contributed by atoms with van der Waals surface area (Å²) in [5, 5.41) is 0.794. The van der Waals surface area contributed by atoms with E-state index in [4.69, 9.17) is 4.74 Å². The van der Waals surface area contributed by atoms with E-state index in [1.807, 2.05) is 29.2 Å². The first-order chi connectivity index (χ1) is 11.8. The Morgan fingerprint density at radius 1 is 1.17 bits per heavy atom. The number of nitrogens with zero attached hydrogens (tertiary/aromatic N) is 3. The number of hydrogen-bond acceptors (Lipinski definition) is 5. The van der Waals surface area contributed by atoms with Crippen molar-refractivity contribution in [3.8, 4) is 0 Å². The van der Waals surface area contributed by atoms with Gasteiger partial charge in [-0.25, -0.2) is 4.98 Å². The number of fused-ring (bicyclic) bond motifs is 1. The Morgan fingerprint density at radius 3 is 2.58 bits per heavy atom. The fourth-order valence-corrected chi connectivity index (χ4v) is 3.33. The molecule has 6 heteroatoms. The van der Waals surface area contributed by atoms with Crippen LogP contribution in [0.4, 0.5) is 0 Å². The molecule has 0 aliphatic carbocycles. The van der Waals surface area contributed by atoms with Crippen LogP contribution in [0.3, 0.4) is 0 Å². The number of aldehydes is 1. The molecule has 0 bridgehead atoms. The number of carbonyl (C=O) groups excluding carboxylic acids is 2. The molecule has 2 aromatic rings. The second-order valence-corrected chi connectivity index (χ2v) is 6.25. The van der Waals surface area contributed by atoms with Gasteiger partial charge in [-0.1, -0.05) is 18.2 Å². The molecule has 4 rings (SSSR count). The highest BCUT2D eigenvalue weighted by Crippen LogP contribution is 2.21. The van der Waals surface area contributed by atoms with Crippen molar-refractivity contribution in [2.45, 2.75) is 6.04 Å². The van der Waals surface area contributed by atoms with Crippen molar-refractivity contribution >= 4 is 23.1 Å². The minimum atomic E-state index is -0.0267. The fourth-order valence-electron chi connectivity index (χ4n) is 3.33. The summed E-state index contributed by atoms with van der Waals surface area (Å²) >= 11 is 0. The normalized spacial score (nSPS) is 19.2. The molecule has 1 aromatic heterocycles. The van der Waals surface area contributed by atoms with E-state index in [0.717, 1.165) is 31.7 Å². The van der Waals surface area contributed by atoms with Gasteiger partial charge in [-0.05, 0) is 12.1 Å². The van der Waals surface area contributed by atoms with Gasteiger partial charge in [0.1, 0.15) is 5.69 Å². The molecule has 6 nitrogen and oxygen atoms in total. The Kier molecular flexibility index (Phi) is 4.00. The summed E-state index contributed by atoms with van der Waals surface area (Å²) in [5.74, 6) is -0.0267. The van der Waals surface area contributed by atoms with E-state index in [9.17, 15) is 9.59 Å². The summed E-state index contributed by atoms with van der Waals surface area (Å²) < 4.78 is 5.24. The van der Waals surface area contributed by atoms with E-state index < -0.39 is 0 Å². The Hall–Kier alpha value is -2.31. The second-order valence-electron chi connectivity index (χ2n) is 6.25. The van der Waals surface area contributed by atoms with Gasteiger partial charge < -0.3 is 9.64 Å². The molecule has 2 aliphatic heterocycles. The number of piperazine rings is 1. The predicted octanol–water partition coefficient (Wildman–Crippen LogP) is 1.20. The monoisotopic (exact) mass is 325 g/mol. The molecule has 124 valence electrons. The maximum atomic E-state index is 13.0. The molecule has 1 amide bonds. The number of amides is 1. The number of rotatable bonds is 3. The Labute approximate surface area is 140 Å². The molecule has 2 saturated heterocycles. The zero-order valence-electron chi connectivity index (χ0n) is 13.4. The Bertz CT molecular complexity index is 780. The van der Waals surface area contributed by atoms with Crippen LogP contribution in [-0.4, -0.2) is 72.4 Å². The molecule has 0 N–H and O–H groups in total. The van der Waals surface area contributed by atoms with Gasteiger partial charge in [0.05, 0.1) is 30.3 Å². The van der Waals surface area contributed by atoms with Crippen LogP contribution in [0.25, 0.3) is 10.9 Å². The quantitative estimate of drug-likeness (QED) is 0.794. The zero-order chi connectivity index (χ0) is 16.5. The summed E-state index contributed by atoms with van der Waals surface area (Å²) in [7, 11) is 0. The molecule has 1 aromatic carbocycles. The van der Waals surface area contributed by atoms with E-state index in [1.54, 1.807) is 6.07 Å². The molecule has 24 heavy (non-hydrogen) atoms. The molecule has 0 saturated carbocycles.